The van der Waals surface area contributed by atoms with Crippen LogP contribution in [0, 0.1) is 0 Å². The number of amides is 1. The molecular weight excluding hydrogens is 497 g/mol. The van der Waals surface area contributed by atoms with Crippen LogP contribution in [0.15, 0.2) is 34.5 Å². The van der Waals surface area contributed by atoms with Crippen LogP contribution < -0.4 is 24.3 Å². The number of benzene rings is 2. The smallest absolute Gasteiger partial charge is 0.259 e. The van der Waals surface area contributed by atoms with Gasteiger partial charge < -0.3 is 24.3 Å². The number of carbonyl (C=O) groups is 2. The van der Waals surface area contributed by atoms with E-state index in [2.05, 4.69) is 15.5 Å². The molecule has 1 amide bonds. The first-order chi connectivity index (χ1) is 16.8. The van der Waals surface area contributed by atoms with Gasteiger partial charge in [-0.3, -0.25) is 9.59 Å². The van der Waals surface area contributed by atoms with Crippen LogP contribution in [0.25, 0.3) is 0 Å². The predicted molar refractivity (Wildman–Crippen MR) is 135 cm³/mol. The molecule has 0 fully saturated rings. The third-order valence-electron chi connectivity index (χ3n) is 4.45. The molecular formula is C24H29Cl2N3O6. The highest BCUT2D eigenvalue weighted by Gasteiger charge is 2.27. The Morgan fingerprint density at radius 3 is 1.97 bits per heavy atom. The lowest BCUT2D eigenvalue weighted by atomic mass is 10.2. The Kier molecular flexibility index (Phi) is 11.1. The third kappa shape index (κ3) is 7.22. The van der Waals surface area contributed by atoms with E-state index < -0.39 is 17.7 Å². The highest BCUT2D eigenvalue weighted by atomic mass is 35.5. The molecule has 0 heterocycles. The monoisotopic (exact) mass is 525 g/mol. The van der Waals surface area contributed by atoms with Crippen LogP contribution in [0.4, 0.5) is 11.4 Å². The first kappa shape index (κ1) is 28.2. The van der Waals surface area contributed by atoms with Gasteiger partial charge in [0.1, 0.15) is 17.1 Å². The average Bonchev–Trinajstić information content (AvgIpc) is 2.81. The number of azo groups is 1. The van der Waals surface area contributed by atoms with Crippen molar-refractivity contribution in [3.63, 3.8) is 0 Å². The summed E-state index contributed by atoms with van der Waals surface area (Å²) < 4.78 is 22.4. The van der Waals surface area contributed by atoms with Gasteiger partial charge in [0.15, 0.2) is 23.0 Å². The van der Waals surface area contributed by atoms with Crippen molar-refractivity contribution >= 4 is 46.3 Å². The van der Waals surface area contributed by atoms with Crippen molar-refractivity contribution < 1.29 is 28.5 Å². The van der Waals surface area contributed by atoms with Crippen molar-refractivity contribution in [1.82, 2.24) is 0 Å². The van der Waals surface area contributed by atoms with Crippen molar-refractivity contribution in [2.24, 2.45) is 10.2 Å². The second-order valence-corrected chi connectivity index (χ2v) is 7.74. The van der Waals surface area contributed by atoms with Gasteiger partial charge >= 0.3 is 0 Å². The summed E-state index contributed by atoms with van der Waals surface area (Å²) in [5.41, 5.74) is 0.338. The topological polar surface area (TPSA) is 108 Å². The Morgan fingerprint density at radius 2 is 1.37 bits per heavy atom. The number of hydrogen-bond acceptors (Lipinski definition) is 8. The maximum absolute atomic E-state index is 13.1. The molecule has 0 saturated heterocycles. The summed E-state index contributed by atoms with van der Waals surface area (Å²) in [4.78, 5) is 25.5. The SMILES string of the molecule is CCOc1ccc(Cl)c(OCC)c1NC(=O)C(N=Nc1c(Cl)ccc(OCC)c1OCC)C(C)=O. The van der Waals surface area contributed by atoms with Crippen LogP contribution >= 0.6 is 23.2 Å². The first-order valence-electron chi connectivity index (χ1n) is 11.2. The molecule has 0 aliphatic heterocycles. The molecule has 2 rings (SSSR count). The van der Waals surface area contributed by atoms with E-state index in [1.807, 2.05) is 6.92 Å². The standard InChI is InChI=1S/C24H29Cl2N3O6/c1-6-32-17-12-11-16(26)22(34-8-3)21(17)27-24(31)19(14(5)30)28-29-20-15(25)10-13-18(33-7-2)23(20)35-9-4/h10-13,19H,6-9H2,1-5H3,(H,27,31). The van der Waals surface area contributed by atoms with Crippen LogP contribution in [-0.4, -0.2) is 44.2 Å². The molecule has 190 valence electrons. The van der Waals surface area contributed by atoms with Crippen molar-refractivity contribution in [1.29, 1.82) is 0 Å². The van der Waals surface area contributed by atoms with Crippen LogP contribution in [-0.2, 0) is 9.59 Å². The number of carbonyl (C=O) groups excluding carboxylic acids is 2. The molecule has 2 aromatic carbocycles. The first-order valence-corrected chi connectivity index (χ1v) is 11.9. The van der Waals surface area contributed by atoms with E-state index >= 15 is 0 Å². The van der Waals surface area contributed by atoms with Gasteiger partial charge in [0, 0.05) is 0 Å². The lowest BCUT2D eigenvalue weighted by Gasteiger charge is -2.18. The summed E-state index contributed by atoms with van der Waals surface area (Å²) in [6.07, 6.45) is 0. The molecule has 1 unspecified atom stereocenters. The second-order valence-electron chi connectivity index (χ2n) is 6.92. The largest absolute Gasteiger partial charge is 0.492 e. The van der Waals surface area contributed by atoms with Gasteiger partial charge in [0.25, 0.3) is 5.91 Å². The third-order valence-corrected chi connectivity index (χ3v) is 5.05. The Balaban J connectivity index is 2.46. The predicted octanol–water partition coefficient (Wildman–Crippen LogP) is 6.27. The summed E-state index contributed by atoms with van der Waals surface area (Å²) in [5.74, 6) is -0.0591. The van der Waals surface area contributed by atoms with Crippen LogP contribution in [0.1, 0.15) is 34.6 Å². The van der Waals surface area contributed by atoms with Crippen molar-refractivity contribution in [3.05, 3.63) is 34.3 Å². The average molecular weight is 526 g/mol. The van der Waals surface area contributed by atoms with E-state index in [1.165, 1.54) is 6.92 Å². The van der Waals surface area contributed by atoms with Gasteiger partial charge in [-0.25, -0.2) is 0 Å². The zero-order valence-corrected chi connectivity index (χ0v) is 21.8. The minimum absolute atomic E-state index is 0.145. The molecule has 0 aliphatic rings. The number of rotatable bonds is 13. The number of nitrogens with zero attached hydrogens (tertiary/aromatic N) is 2. The number of ether oxygens (including phenoxy) is 4. The summed E-state index contributed by atoms with van der Waals surface area (Å²) in [7, 11) is 0. The van der Waals surface area contributed by atoms with Gasteiger partial charge in [0.2, 0.25) is 6.04 Å². The van der Waals surface area contributed by atoms with E-state index in [9.17, 15) is 9.59 Å². The maximum Gasteiger partial charge on any atom is 0.259 e. The molecule has 11 heteroatoms. The van der Waals surface area contributed by atoms with Crippen molar-refractivity contribution in [2.75, 3.05) is 31.7 Å². The Hall–Kier alpha value is -3.04. The lowest BCUT2D eigenvalue weighted by Crippen LogP contribution is -2.32. The molecule has 35 heavy (non-hydrogen) atoms. The fraction of sp³-hybridized carbons (Fsp3) is 0.417. The van der Waals surface area contributed by atoms with Gasteiger partial charge in [-0.15, -0.1) is 5.11 Å². The van der Waals surface area contributed by atoms with E-state index in [4.69, 9.17) is 42.1 Å². The van der Waals surface area contributed by atoms with E-state index in [-0.39, 0.29) is 32.9 Å². The fourth-order valence-corrected chi connectivity index (χ4v) is 3.42. The van der Waals surface area contributed by atoms with E-state index in [1.54, 1.807) is 45.0 Å². The number of Topliss-reactive ketones (excluding diaryl/α,β-unsaturated/α-hetero) is 1. The molecule has 9 nitrogen and oxygen atoms in total. The van der Waals surface area contributed by atoms with Crippen molar-refractivity contribution in [3.8, 4) is 23.0 Å². The minimum Gasteiger partial charge on any atom is -0.492 e. The Labute approximate surface area is 214 Å². The fourth-order valence-electron chi connectivity index (χ4n) is 3.02. The molecule has 1 atom stereocenters. The molecule has 0 saturated carbocycles. The van der Waals surface area contributed by atoms with Crippen LogP contribution in [0.2, 0.25) is 10.0 Å². The zero-order chi connectivity index (χ0) is 26.0. The number of hydrogen-bond donors (Lipinski definition) is 1. The summed E-state index contributed by atoms with van der Waals surface area (Å²) in [6.45, 7) is 9.75. The maximum atomic E-state index is 13.1. The van der Waals surface area contributed by atoms with Gasteiger partial charge in [-0.2, -0.15) is 5.11 Å². The van der Waals surface area contributed by atoms with E-state index in [0.29, 0.717) is 37.9 Å². The molecule has 0 bridgehead atoms. The molecule has 0 spiro atoms. The molecule has 0 aliphatic carbocycles. The van der Waals surface area contributed by atoms with Crippen LogP contribution in [0.5, 0.6) is 23.0 Å². The Morgan fingerprint density at radius 1 is 0.829 bits per heavy atom. The lowest BCUT2D eigenvalue weighted by molar-refractivity contribution is -0.126. The normalized spacial score (nSPS) is 11.7. The Bertz CT molecular complexity index is 1080. The van der Waals surface area contributed by atoms with Crippen molar-refractivity contribution in [2.45, 2.75) is 40.7 Å². The quantitative estimate of drug-likeness (QED) is 0.244. The highest BCUT2D eigenvalue weighted by Crippen LogP contribution is 2.43. The van der Waals surface area contributed by atoms with E-state index in [0.717, 1.165) is 0 Å². The molecule has 0 radical (unpaired) electrons. The zero-order valence-electron chi connectivity index (χ0n) is 20.3. The number of halogens is 2. The summed E-state index contributed by atoms with van der Waals surface area (Å²) in [6, 6.07) is 4.93. The molecule has 1 N–H and O–H groups in total. The van der Waals surface area contributed by atoms with Crippen LogP contribution in [0.3, 0.4) is 0 Å². The number of nitrogens with one attached hydrogen (secondary N) is 1. The van der Waals surface area contributed by atoms with Gasteiger partial charge in [0.05, 0.1) is 36.5 Å². The van der Waals surface area contributed by atoms with Gasteiger partial charge in [-0.1, -0.05) is 23.2 Å². The molecule has 2 aromatic rings. The number of ketones is 1. The van der Waals surface area contributed by atoms with Gasteiger partial charge in [-0.05, 0) is 58.9 Å². The highest BCUT2D eigenvalue weighted by molar-refractivity contribution is 6.33. The summed E-state index contributed by atoms with van der Waals surface area (Å²) >= 11 is 12.6. The second kappa shape index (κ2) is 13.7. The number of anilines is 1. The molecule has 0 aromatic heterocycles. The minimum atomic E-state index is -1.49. The summed E-state index contributed by atoms with van der Waals surface area (Å²) in [5, 5.41) is 11.2.